The van der Waals surface area contributed by atoms with Crippen molar-refractivity contribution in [3.8, 4) is 27.4 Å². The number of halogens is 1. The maximum atomic E-state index is 13.5. The van der Waals surface area contributed by atoms with Crippen molar-refractivity contribution < 1.29 is 18.7 Å². The number of carbonyl (C=O) groups is 2. The van der Waals surface area contributed by atoms with E-state index in [0.29, 0.717) is 27.5 Å². The van der Waals surface area contributed by atoms with Crippen molar-refractivity contribution in [3.05, 3.63) is 101 Å². The maximum absolute atomic E-state index is 13.5. The van der Waals surface area contributed by atoms with Gasteiger partial charge in [0.15, 0.2) is 4.96 Å². The number of hydrogen-bond acceptors (Lipinski definition) is 5. The van der Waals surface area contributed by atoms with Gasteiger partial charge >= 0.3 is 0 Å². The summed E-state index contributed by atoms with van der Waals surface area (Å²) in [5, 5.41) is 5.81. The van der Waals surface area contributed by atoms with Crippen molar-refractivity contribution in [2.24, 2.45) is 0 Å². The summed E-state index contributed by atoms with van der Waals surface area (Å²) in [6, 6.07) is 19.1. The van der Waals surface area contributed by atoms with Crippen LogP contribution in [0.15, 0.2) is 72.9 Å². The van der Waals surface area contributed by atoms with E-state index in [-0.39, 0.29) is 17.6 Å². The van der Waals surface area contributed by atoms with E-state index in [1.54, 1.807) is 36.8 Å². The molecule has 0 spiro atoms. The normalized spacial score (nSPS) is 11.4. The van der Waals surface area contributed by atoms with Crippen LogP contribution in [0.1, 0.15) is 45.8 Å². The summed E-state index contributed by atoms with van der Waals surface area (Å²) in [6.07, 6.45) is 1.86. The number of amides is 2. The first kappa shape index (κ1) is 27.1. The molecule has 2 heterocycles. The summed E-state index contributed by atoms with van der Waals surface area (Å²) in [6.45, 7) is 5.87. The van der Waals surface area contributed by atoms with Gasteiger partial charge in [-0.25, -0.2) is 9.37 Å². The second kappa shape index (κ2) is 10.6. The van der Waals surface area contributed by atoms with Gasteiger partial charge in [0.2, 0.25) is 0 Å². The largest absolute Gasteiger partial charge is 0.497 e. The molecule has 0 radical (unpaired) electrons. The van der Waals surface area contributed by atoms with Gasteiger partial charge in [-0.1, -0.05) is 29.5 Å². The quantitative estimate of drug-likeness (QED) is 0.250. The summed E-state index contributed by atoms with van der Waals surface area (Å²) < 4.78 is 20.6. The van der Waals surface area contributed by atoms with Crippen LogP contribution in [0.3, 0.4) is 0 Å². The second-order valence-corrected chi connectivity index (χ2v) is 11.0. The summed E-state index contributed by atoms with van der Waals surface area (Å²) in [7, 11) is 3.17. The highest BCUT2D eigenvalue weighted by Crippen LogP contribution is 2.35. The maximum Gasteiger partial charge on any atom is 0.270 e. The molecule has 0 atom stereocenters. The first-order chi connectivity index (χ1) is 19.1. The molecule has 5 rings (SSSR count). The van der Waals surface area contributed by atoms with Gasteiger partial charge in [0.1, 0.15) is 23.0 Å². The number of nitrogens with one attached hydrogen (secondary N) is 2. The Hall–Kier alpha value is -4.50. The van der Waals surface area contributed by atoms with Crippen LogP contribution in [0.4, 0.5) is 4.39 Å². The van der Waals surface area contributed by atoms with Crippen LogP contribution < -0.4 is 15.4 Å². The van der Waals surface area contributed by atoms with Crippen LogP contribution in [0, 0.1) is 12.7 Å². The number of fused-ring (bicyclic) bond motifs is 1. The lowest BCUT2D eigenvalue weighted by Gasteiger charge is -2.27. The first-order valence-electron chi connectivity index (χ1n) is 12.7. The lowest BCUT2D eigenvalue weighted by molar-refractivity contribution is 0.0910. The number of ether oxygens (including phenoxy) is 1. The molecule has 0 saturated carbocycles. The number of benzene rings is 3. The summed E-state index contributed by atoms with van der Waals surface area (Å²) in [4.78, 5) is 32.5. The molecular formula is C31H29FN4O3S. The average Bonchev–Trinajstić information content (AvgIpc) is 3.51. The number of aryl methyl sites for hydroxylation is 1. The number of nitrogens with zero attached hydrogens (tertiary/aromatic N) is 2. The average molecular weight is 557 g/mol. The van der Waals surface area contributed by atoms with Crippen molar-refractivity contribution in [3.63, 3.8) is 0 Å². The van der Waals surface area contributed by atoms with E-state index < -0.39 is 5.54 Å². The predicted octanol–water partition coefficient (Wildman–Crippen LogP) is 6.21. The molecule has 7 nitrogen and oxygen atoms in total. The highest BCUT2D eigenvalue weighted by molar-refractivity contribution is 7.20. The molecule has 2 N–H and O–H groups in total. The first-order valence-corrected chi connectivity index (χ1v) is 13.5. The van der Waals surface area contributed by atoms with Crippen LogP contribution in [-0.4, -0.2) is 35.4 Å². The zero-order chi connectivity index (χ0) is 28.6. The molecule has 0 aliphatic heterocycles. The van der Waals surface area contributed by atoms with Crippen molar-refractivity contribution >= 4 is 28.1 Å². The summed E-state index contributed by atoms with van der Waals surface area (Å²) in [5.74, 6) is -0.153. The number of rotatable bonds is 7. The second-order valence-electron chi connectivity index (χ2n) is 9.98. The van der Waals surface area contributed by atoms with Gasteiger partial charge in [-0.3, -0.25) is 14.0 Å². The Morgan fingerprint density at radius 2 is 1.77 bits per heavy atom. The number of aromatic nitrogens is 2. The van der Waals surface area contributed by atoms with Crippen LogP contribution >= 0.6 is 11.3 Å². The smallest absolute Gasteiger partial charge is 0.270 e. The number of imidazole rings is 1. The van der Waals surface area contributed by atoms with Crippen molar-refractivity contribution in [2.45, 2.75) is 26.3 Å². The molecule has 2 amide bonds. The highest BCUT2D eigenvalue weighted by atomic mass is 32.1. The molecule has 5 aromatic rings. The Balaban J connectivity index is 1.50. The molecule has 0 unspecified atom stereocenters. The zero-order valence-electron chi connectivity index (χ0n) is 22.8. The van der Waals surface area contributed by atoms with E-state index in [4.69, 9.17) is 9.72 Å². The molecule has 9 heteroatoms. The van der Waals surface area contributed by atoms with Gasteiger partial charge in [-0.05, 0) is 86.0 Å². The highest BCUT2D eigenvalue weighted by Gasteiger charge is 2.26. The van der Waals surface area contributed by atoms with E-state index in [0.717, 1.165) is 27.3 Å². The molecule has 0 aliphatic carbocycles. The Labute approximate surface area is 235 Å². The fourth-order valence-corrected chi connectivity index (χ4v) is 5.65. The lowest BCUT2D eigenvalue weighted by atomic mass is 9.93. The van der Waals surface area contributed by atoms with Gasteiger partial charge in [0.05, 0.1) is 17.5 Å². The van der Waals surface area contributed by atoms with E-state index in [9.17, 15) is 14.0 Å². The van der Waals surface area contributed by atoms with Crippen molar-refractivity contribution in [2.75, 3.05) is 14.2 Å². The molecule has 2 aromatic heterocycles. The fourth-order valence-electron chi connectivity index (χ4n) is 4.58. The van der Waals surface area contributed by atoms with Crippen LogP contribution in [-0.2, 0) is 5.54 Å². The number of hydrogen-bond donors (Lipinski definition) is 2. The third-order valence-electron chi connectivity index (χ3n) is 6.87. The van der Waals surface area contributed by atoms with Gasteiger partial charge in [-0.2, -0.15) is 0 Å². The van der Waals surface area contributed by atoms with Crippen LogP contribution in [0.2, 0.25) is 0 Å². The third kappa shape index (κ3) is 5.08. The SMILES string of the molecule is CNC(=O)c1c(-c2ccc(F)cc2)nc2sc(-c3cc(C(=O)NC(C)(C)c4cccc(OC)c4)ccc3C)cn12. The van der Waals surface area contributed by atoms with Gasteiger partial charge in [-0.15, -0.1) is 0 Å². The Bertz CT molecular complexity index is 1740. The zero-order valence-corrected chi connectivity index (χ0v) is 23.7. The van der Waals surface area contributed by atoms with Crippen LogP contribution in [0.5, 0.6) is 5.75 Å². The fraction of sp³-hybridized carbons (Fsp3) is 0.194. The number of thiazole rings is 1. The van der Waals surface area contributed by atoms with E-state index >= 15 is 0 Å². The molecule has 0 saturated heterocycles. The number of carbonyl (C=O) groups excluding carboxylic acids is 2. The lowest BCUT2D eigenvalue weighted by Crippen LogP contribution is -2.41. The van der Waals surface area contributed by atoms with Gasteiger partial charge in [0.25, 0.3) is 11.8 Å². The molecular weight excluding hydrogens is 527 g/mol. The molecule has 0 bridgehead atoms. The molecule has 0 aliphatic rings. The minimum Gasteiger partial charge on any atom is -0.497 e. The summed E-state index contributed by atoms with van der Waals surface area (Å²) in [5.41, 5.74) is 4.12. The topological polar surface area (TPSA) is 84.7 Å². The van der Waals surface area contributed by atoms with E-state index in [1.165, 1.54) is 23.5 Å². The third-order valence-corrected chi connectivity index (χ3v) is 7.88. The van der Waals surface area contributed by atoms with Crippen molar-refractivity contribution in [1.82, 2.24) is 20.0 Å². The Morgan fingerprint density at radius 1 is 1.02 bits per heavy atom. The van der Waals surface area contributed by atoms with Gasteiger partial charge < -0.3 is 15.4 Å². The van der Waals surface area contributed by atoms with E-state index in [1.807, 2.05) is 63.4 Å². The minimum atomic E-state index is -0.639. The van der Waals surface area contributed by atoms with E-state index in [2.05, 4.69) is 10.6 Å². The predicted molar refractivity (Wildman–Crippen MR) is 156 cm³/mol. The molecule has 204 valence electrons. The molecule has 3 aromatic carbocycles. The number of methoxy groups -OCH3 is 1. The minimum absolute atomic E-state index is 0.208. The summed E-state index contributed by atoms with van der Waals surface area (Å²) >= 11 is 1.41. The van der Waals surface area contributed by atoms with Gasteiger partial charge in [0, 0.05) is 24.4 Å². The Morgan fingerprint density at radius 3 is 2.48 bits per heavy atom. The van der Waals surface area contributed by atoms with Crippen molar-refractivity contribution in [1.29, 1.82) is 0 Å². The molecule has 0 fully saturated rings. The van der Waals surface area contributed by atoms with Crippen LogP contribution in [0.25, 0.3) is 26.7 Å². The monoisotopic (exact) mass is 556 g/mol. The standard InChI is InChI=1S/C31H29FN4O3S/c1-18-9-10-20(28(37)35-31(2,3)21-7-6-8-23(16-21)39-5)15-24(18)25-17-36-27(29(38)33-4)26(34-30(36)40-25)19-11-13-22(32)14-12-19/h6-17H,1-5H3,(H,33,38)(H,35,37). The Kier molecular flexibility index (Phi) is 7.16. The molecule has 40 heavy (non-hydrogen) atoms.